The van der Waals surface area contributed by atoms with Crippen LogP contribution in [0.25, 0.3) is 27.9 Å². The molecule has 0 aliphatic heterocycles. The van der Waals surface area contributed by atoms with Gasteiger partial charge in [-0.25, -0.2) is 18.9 Å². The van der Waals surface area contributed by atoms with Crippen LogP contribution in [0.4, 0.5) is 16.0 Å². The third-order valence-electron chi connectivity index (χ3n) is 7.50. The lowest BCUT2D eigenvalue weighted by Gasteiger charge is -2.47. The molecule has 0 aromatic carbocycles. The number of anilines is 2. The monoisotopic (exact) mass is 463 g/mol. The van der Waals surface area contributed by atoms with Crippen molar-refractivity contribution in [3.05, 3.63) is 36.4 Å². The molecule has 9 nitrogen and oxygen atoms in total. The van der Waals surface area contributed by atoms with Crippen molar-refractivity contribution >= 4 is 34.2 Å². The van der Waals surface area contributed by atoms with E-state index in [1.54, 1.807) is 10.7 Å². The summed E-state index contributed by atoms with van der Waals surface area (Å²) >= 11 is 0. The Hall–Kier alpha value is -3.69. The molecule has 0 saturated heterocycles. The van der Waals surface area contributed by atoms with Crippen molar-refractivity contribution in [2.75, 3.05) is 24.3 Å². The Morgan fingerprint density at radius 1 is 1.24 bits per heavy atom. The third kappa shape index (κ3) is 3.19. The number of aliphatic carboxylic acids is 1. The van der Waals surface area contributed by atoms with E-state index in [2.05, 4.69) is 15.3 Å². The number of hydrogen-bond donors (Lipinski definition) is 3. The molecular formula is C24H26FN7O2. The number of fused-ring (bicyclic) bond motifs is 5. The topological polar surface area (TPSA) is 111 Å². The van der Waals surface area contributed by atoms with E-state index in [-0.39, 0.29) is 12.0 Å². The van der Waals surface area contributed by atoms with E-state index in [0.29, 0.717) is 34.2 Å². The number of nitrogens with one attached hydrogen (secondary N) is 2. The Balaban J connectivity index is 1.51. The van der Waals surface area contributed by atoms with Crippen LogP contribution in [0.1, 0.15) is 25.7 Å². The molecule has 0 amide bonds. The van der Waals surface area contributed by atoms with Gasteiger partial charge in [0, 0.05) is 37.3 Å². The molecule has 3 aliphatic rings. The van der Waals surface area contributed by atoms with Gasteiger partial charge in [0.2, 0.25) is 0 Å². The fourth-order valence-electron chi connectivity index (χ4n) is 5.87. The number of nitrogens with zero attached hydrogens (tertiary/aromatic N) is 5. The van der Waals surface area contributed by atoms with Crippen molar-refractivity contribution in [2.45, 2.75) is 31.7 Å². The summed E-state index contributed by atoms with van der Waals surface area (Å²) in [7, 11) is 3.87. The van der Waals surface area contributed by atoms with Gasteiger partial charge in [0.25, 0.3) is 0 Å². The predicted octanol–water partition coefficient (Wildman–Crippen LogP) is 3.78. The molecule has 176 valence electrons. The third-order valence-corrected chi connectivity index (χ3v) is 7.50. The Kier molecular flexibility index (Phi) is 4.72. The van der Waals surface area contributed by atoms with Gasteiger partial charge < -0.3 is 20.3 Å². The Morgan fingerprint density at radius 2 is 2.00 bits per heavy atom. The van der Waals surface area contributed by atoms with E-state index in [4.69, 9.17) is 10.1 Å². The minimum atomic E-state index is -0.750. The largest absolute Gasteiger partial charge is 0.481 e. The number of rotatable bonds is 5. The van der Waals surface area contributed by atoms with Gasteiger partial charge in [-0.15, -0.1) is 5.10 Å². The van der Waals surface area contributed by atoms with Crippen LogP contribution in [-0.4, -0.2) is 55.8 Å². The molecule has 2 bridgehead atoms. The number of pyridine rings is 1. The number of carbonyl (C=O) groups is 1. The normalized spacial score (nSPS) is 24.1. The lowest BCUT2D eigenvalue weighted by Crippen LogP contribution is -2.51. The van der Waals surface area contributed by atoms with Crippen molar-refractivity contribution in [1.29, 1.82) is 0 Å². The maximum Gasteiger partial charge on any atom is 0.308 e. The van der Waals surface area contributed by atoms with E-state index in [0.717, 1.165) is 37.0 Å². The number of H-pyrrole nitrogens is 1. The zero-order valence-electron chi connectivity index (χ0n) is 19.0. The number of aromatic amines is 1. The molecule has 4 aromatic heterocycles. The zero-order valence-corrected chi connectivity index (χ0v) is 19.0. The molecule has 3 saturated carbocycles. The van der Waals surface area contributed by atoms with Crippen molar-refractivity contribution in [1.82, 2.24) is 24.6 Å². The highest BCUT2D eigenvalue weighted by atomic mass is 19.1. The van der Waals surface area contributed by atoms with E-state index >= 15 is 0 Å². The highest BCUT2D eigenvalue weighted by Crippen LogP contribution is 2.46. The van der Waals surface area contributed by atoms with Crippen molar-refractivity contribution in [3.8, 4) is 11.4 Å². The minimum Gasteiger partial charge on any atom is -0.481 e. The molecule has 0 radical (unpaired) electrons. The summed E-state index contributed by atoms with van der Waals surface area (Å²) in [5.74, 6) is 0.682. The standard InChI is InChI=1S/C24H26FN7O2/c1-31(2)18-8-7-17-23(28-20-13-5-3-12(4-6-13)19(20)24(33)34)29-22(30-32(17)18)16-11-27-21-15(16)9-14(25)10-26-21/h7-13,19-20H,3-6H2,1-2H3,(H,26,27)(H,33,34)(H,28,29,30)/t12-,13+,19-,20-/m0/s1. The van der Waals surface area contributed by atoms with Crippen LogP contribution in [0.15, 0.2) is 30.6 Å². The number of halogens is 1. The van der Waals surface area contributed by atoms with Gasteiger partial charge in [-0.1, -0.05) is 0 Å². The van der Waals surface area contributed by atoms with Crippen LogP contribution < -0.4 is 10.2 Å². The summed E-state index contributed by atoms with van der Waals surface area (Å²) in [5.41, 5.74) is 1.94. The van der Waals surface area contributed by atoms with E-state index in [1.807, 2.05) is 31.1 Å². The molecule has 34 heavy (non-hydrogen) atoms. The molecule has 3 N–H and O–H groups in total. The Bertz CT molecular complexity index is 1400. The van der Waals surface area contributed by atoms with Crippen molar-refractivity contribution in [3.63, 3.8) is 0 Å². The number of carboxylic acids is 1. The first kappa shape index (κ1) is 20.9. The zero-order chi connectivity index (χ0) is 23.6. The molecule has 10 heteroatoms. The molecule has 4 aromatic rings. The summed E-state index contributed by atoms with van der Waals surface area (Å²) in [6.07, 6.45) is 6.88. The van der Waals surface area contributed by atoms with Crippen LogP contribution in [0.5, 0.6) is 0 Å². The van der Waals surface area contributed by atoms with Crippen LogP contribution in [0, 0.1) is 23.6 Å². The van der Waals surface area contributed by atoms with E-state index in [9.17, 15) is 14.3 Å². The fraction of sp³-hybridized carbons (Fsp3) is 0.417. The second-order valence-electron chi connectivity index (χ2n) is 9.63. The van der Waals surface area contributed by atoms with Gasteiger partial charge in [0.05, 0.1) is 12.1 Å². The second-order valence-corrected chi connectivity index (χ2v) is 9.63. The van der Waals surface area contributed by atoms with Crippen LogP contribution in [0.2, 0.25) is 0 Å². The first-order valence-electron chi connectivity index (χ1n) is 11.6. The predicted molar refractivity (Wildman–Crippen MR) is 126 cm³/mol. The maximum absolute atomic E-state index is 14.0. The number of aromatic nitrogens is 5. The summed E-state index contributed by atoms with van der Waals surface area (Å²) < 4.78 is 15.8. The highest BCUT2D eigenvalue weighted by molar-refractivity contribution is 5.92. The van der Waals surface area contributed by atoms with Gasteiger partial charge >= 0.3 is 5.97 Å². The quantitative estimate of drug-likeness (QED) is 0.413. The molecule has 3 aliphatic carbocycles. The minimum absolute atomic E-state index is 0.184. The van der Waals surface area contributed by atoms with E-state index in [1.165, 1.54) is 12.3 Å². The summed E-state index contributed by atoms with van der Waals surface area (Å²) in [6, 6.07) is 5.11. The molecule has 2 atom stereocenters. The molecule has 3 fully saturated rings. The molecule has 4 heterocycles. The molecule has 7 rings (SSSR count). The molecule has 0 spiro atoms. The van der Waals surface area contributed by atoms with Gasteiger partial charge in [-0.3, -0.25) is 4.79 Å². The smallest absolute Gasteiger partial charge is 0.308 e. The maximum atomic E-state index is 14.0. The number of carboxylic acid groups (broad SMARTS) is 1. The van der Waals surface area contributed by atoms with Gasteiger partial charge in [0.15, 0.2) is 11.6 Å². The Labute approximate surface area is 195 Å². The van der Waals surface area contributed by atoms with Crippen LogP contribution >= 0.6 is 0 Å². The van der Waals surface area contributed by atoms with Crippen LogP contribution in [0.3, 0.4) is 0 Å². The fourth-order valence-corrected chi connectivity index (χ4v) is 5.87. The molecule has 0 unspecified atom stereocenters. The lowest BCUT2D eigenvalue weighted by molar-refractivity contribution is -0.148. The van der Waals surface area contributed by atoms with Crippen molar-refractivity contribution < 1.29 is 14.3 Å². The lowest BCUT2D eigenvalue weighted by atomic mass is 9.61. The second kappa shape index (κ2) is 7.68. The first-order chi connectivity index (χ1) is 16.4. The van der Waals surface area contributed by atoms with E-state index < -0.39 is 17.7 Å². The SMILES string of the molecule is CN(C)c1ccc2c(N[C@H]3[C@H]4CC[C@H](CC4)[C@@H]3C(=O)O)nc(-c3c[nH]c4ncc(F)cc34)nn12. The summed E-state index contributed by atoms with van der Waals surface area (Å²) in [6.45, 7) is 0. The van der Waals surface area contributed by atoms with Crippen molar-refractivity contribution in [2.24, 2.45) is 17.8 Å². The van der Waals surface area contributed by atoms with Gasteiger partial charge in [-0.05, 0) is 55.7 Å². The summed E-state index contributed by atoms with van der Waals surface area (Å²) in [4.78, 5) is 26.2. The van der Waals surface area contributed by atoms with Gasteiger partial charge in [0.1, 0.15) is 22.8 Å². The van der Waals surface area contributed by atoms with Crippen LogP contribution in [-0.2, 0) is 4.79 Å². The van der Waals surface area contributed by atoms with Gasteiger partial charge in [-0.2, -0.15) is 0 Å². The average Bonchev–Trinajstić information content (AvgIpc) is 3.43. The Morgan fingerprint density at radius 3 is 2.74 bits per heavy atom. The first-order valence-corrected chi connectivity index (χ1v) is 11.6. The average molecular weight is 464 g/mol. The number of hydrogen-bond acceptors (Lipinski definition) is 6. The highest BCUT2D eigenvalue weighted by Gasteiger charge is 2.47. The molecular weight excluding hydrogens is 437 g/mol. The summed E-state index contributed by atoms with van der Waals surface area (Å²) in [5, 5.41) is 18.9.